The van der Waals surface area contributed by atoms with E-state index in [2.05, 4.69) is 47.5 Å². The van der Waals surface area contributed by atoms with Crippen LogP contribution in [0.25, 0.3) is 0 Å². The van der Waals surface area contributed by atoms with Crippen LogP contribution < -0.4 is 30.5 Å². The first-order chi connectivity index (χ1) is 18.8. The van der Waals surface area contributed by atoms with Gasteiger partial charge in [0.25, 0.3) is 0 Å². The number of para-hydroxylation sites is 1. The van der Waals surface area contributed by atoms with Crippen molar-refractivity contribution in [3.05, 3.63) is 78.2 Å². The molecular weight excluding hydrogens is 533 g/mol. The number of anilines is 6. The molecule has 9 nitrogen and oxygen atoms in total. The topological polar surface area (TPSA) is 95.5 Å². The second kappa shape index (κ2) is 10.4. The quantitative estimate of drug-likeness (QED) is 0.302. The number of hydrogen-bond donors (Lipinski definition) is 2. The smallest absolute Gasteiger partial charge is 0.229 e. The van der Waals surface area contributed by atoms with Crippen molar-refractivity contribution in [2.45, 2.75) is 6.04 Å². The standard InChI is InChI=1S/C28H29ClN7O2P/c1-39(2,37)26-8-4-3-7-23(26)33-27-22(29)16-31-28(34-27)32-19-9-10-24-25(14-19)38-18-21-17-35(12-13-36(21)24)20-6-5-11-30-15-20/h3-11,14-16,21H,12-13,17-18H2,1-2H3,(H2,31,32,33,34)/t21-/m1/s1. The van der Waals surface area contributed by atoms with Crippen LogP contribution in [0, 0.1) is 0 Å². The maximum atomic E-state index is 12.8. The monoisotopic (exact) mass is 561 g/mol. The SMILES string of the molecule is CP(C)(=O)c1ccccc1Nc1nc(Nc2ccc3c(c2)OC[C@H]2CN(c4cccnc4)CCN32)ncc1Cl. The molecule has 1 saturated heterocycles. The molecule has 0 spiro atoms. The number of fused-ring (bicyclic) bond motifs is 3. The van der Waals surface area contributed by atoms with Crippen molar-refractivity contribution in [3.8, 4) is 5.75 Å². The molecule has 2 aliphatic heterocycles. The molecule has 2 N–H and O–H groups in total. The first-order valence-corrected chi connectivity index (χ1v) is 15.7. The van der Waals surface area contributed by atoms with E-state index in [9.17, 15) is 4.57 Å². The Hall–Kier alpha value is -3.81. The Morgan fingerprint density at radius 3 is 2.74 bits per heavy atom. The van der Waals surface area contributed by atoms with E-state index in [0.717, 1.165) is 47.8 Å². The minimum atomic E-state index is -2.50. The van der Waals surface area contributed by atoms with Crippen molar-refractivity contribution in [1.82, 2.24) is 15.0 Å². The second-order valence-corrected chi connectivity index (χ2v) is 13.6. The van der Waals surface area contributed by atoms with Gasteiger partial charge in [0.1, 0.15) is 24.5 Å². The summed E-state index contributed by atoms with van der Waals surface area (Å²) in [5, 5.41) is 7.60. The lowest BCUT2D eigenvalue weighted by Gasteiger charge is -2.46. The summed E-state index contributed by atoms with van der Waals surface area (Å²) in [4.78, 5) is 18.0. The van der Waals surface area contributed by atoms with E-state index in [-0.39, 0.29) is 6.04 Å². The van der Waals surface area contributed by atoms with Crippen molar-refractivity contribution in [2.24, 2.45) is 0 Å². The molecule has 1 fully saturated rings. The van der Waals surface area contributed by atoms with Gasteiger partial charge in [-0.05, 0) is 49.7 Å². The Morgan fingerprint density at radius 2 is 1.92 bits per heavy atom. The predicted molar refractivity (Wildman–Crippen MR) is 159 cm³/mol. The zero-order chi connectivity index (χ0) is 27.0. The summed E-state index contributed by atoms with van der Waals surface area (Å²) in [7, 11) is -2.50. The van der Waals surface area contributed by atoms with Crippen molar-refractivity contribution >= 4 is 58.6 Å². The zero-order valence-corrected chi connectivity index (χ0v) is 23.4. The molecule has 0 bridgehead atoms. The van der Waals surface area contributed by atoms with Gasteiger partial charge < -0.3 is 29.7 Å². The highest BCUT2D eigenvalue weighted by molar-refractivity contribution is 7.70. The fourth-order valence-corrected chi connectivity index (χ4v) is 6.34. The zero-order valence-electron chi connectivity index (χ0n) is 21.7. The van der Waals surface area contributed by atoms with Crippen LogP contribution in [0.15, 0.2) is 73.2 Å². The first kappa shape index (κ1) is 25.5. The molecule has 2 aromatic carbocycles. The highest BCUT2D eigenvalue weighted by atomic mass is 35.5. The summed E-state index contributed by atoms with van der Waals surface area (Å²) in [6, 6.07) is 17.9. The minimum Gasteiger partial charge on any atom is -0.489 e. The van der Waals surface area contributed by atoms with Crippen molar-refractivity contribution in [1.29, 1.82) is 0 Å². The van der Waals surface area contributed by atoms with Crippen LogP contribution in [-0.2, 0) is 4.57 Å². The molecule has 0 radical (unpaired) electrons. The number of aromatic nitrogens is 3. The first-order valence-electron chi connectivity index (χ1n) is 12.7. The molecule has 0 unspecified atom stereocenters. The highest BCUT2D eigenvalue weighted by Gasteiger charge is 2.33. The third kappa shape index (κ3) is 5.37. The van der Waals surface area contributed by atoms with Crippen LogP contribution >= 0.6 is 18.7 Å². The average molecular weight is 562 g/mol. The molecule has 39 heavy (non-hydrogen) atoms. The Labute approximate surface area is 232 Å². The molecule has 200 valence electrons. The Balaban J connectivity index is 1.18. The number of hydrogen-bond acceptors (Lipinski definition) is 9. The number of benzene rings is 2. The van der Waals surface area contributed by atoms with Crippen LogP contribution in [0.3, 0.4) is 0 Å². The van der Waals surface area contributed by atoms with E-state index in [1.54, 1.807) is 25.7 Å². The molecule has 2 aromatic heterocycles. The van der Waals surface area contributed by atoms with Gasteiger partial charge in [0.15, 0.2) is 5.82 Å². The lowest BCUT2D eigenvalue weighted by molar-refractivity contribution is 0.255. The van der Waals surface area contributed by atoms with Gasteiger partial charge in [-0.2, -0.15) is 4.98 Å². The molecule has 11 heteroatoms. The van der Waals surface area contributed by atoms with Gasteiger partial charge in [0.05, 0.1) is 35.5 Å². The van der Waals surface area contributed by atoms with Gasteiger partial charge in [-0.1, -0.05) is 23.7 Å². The maximum absolute atomic E-state index is 12.8. The number of ether oxygens (including phenoxy) is 1. The predicted octanol–water partition coefficient (Wildman–Crippen LogP) is 5.35. The molecule has 0 saturated carbocycles. The number of rotatable bonds is 6. The summed E-state index contributed by atoms with van der Waals surface area (Å²) in [5.41, 5.74) is 3.74. The number of nitrogens with zero attached hydrogens (tertiary/aromatic N) is 5. The molecule has 2 aliphatic rings. The summed E-state index contributed by atoms with van der Waals surface area (Å²) < 4.78 is 19.0. The van der Waals surface area contributed by atoms with E-state index >= 15 is 0 Å². The van der Waals surface area contributed by atoms with Crippen LogP contribution in [-0.4, -0.2) is 60.6 Å². The third-order valence-electron chi connectivity index (χ3n) is 6.93. The number of pyridine rings is 1. The summed E-state index contributed by atoms with van der Waals surface area (Å²) in [5.74, 6) is 1.64. The van der Waals surface area contributed by atoms with Crippen LogP contribution in [0.2, 0.25) is 5.02 Å². The Morgan fingerprint density at radius 1 is 1.05 bits per heavy atom. The molecule has 6 rings (SSSR count). The number of halogens is 1. The van der Waals surface area contributed by atoms with Crippen LogP contribution in [0.1, 0.15) is 0 Å². The minimum absolute atomic E-state index is 0.267. The fourth-order valence-electron chi connectivity index (χ4n) is 5.04. The van der Waals surface area contributed by atoms with E-state index in [0.29, 0.717) is 29.1 Å². The molecule has 4 aromatic rings. The van der Waals surface area contributed by atoms with Gasteiger partial charge >= 0.3 is 0 Å². The van der Waals surface area contributed by atoms with E-state index in [1.165, 1.54) is 0 Å². The van der Waals surface area contributed by atoms with E-state index < -0.39 is 7.14 Å². The summed E-state index contributed by atoms with van der Waals surface area (Å²) in [6.45, 7) is 6.80. The van der Waals surface area contributed by atoms with Crippen LogP contribution in [0.5, 0.6) is 5.75 Å². The molecule has 0 aliphatic carbocycles. The van der Waals surface area contributed by atoms with Crippen molar-refractivity contribution < 1.29 is 9.30 Å². The maximum Gasteiger partial charge on any atom is 0.229 e. The Bertz CT molecular complexity index is 1550. The molecule has 4 heterocycles. The summed E-state index contributed by atoms with van der Waals surface area (Å²) in [6.07, 6.45) is 5.25. The number of nitrogens with one attached hydrogen (secondary N) is 2. The lowest BCUT2D eigenvalue weighted by atomic mass is 10.1. The third-order valence-corrected chi connectivity index (χ3v) is 8.76. The van der Waals surface area contributed by atoms with Gasteiger partial charge in [-0.25, -0.2) is 4.98 Å². The lowest BCUT2D eigenvalue weighted by Crippen LogP contribution is -2.57. The van der Waals surface area contributed by atoms with Gasteiger partial charge in [0.2, 0.25) is 5.95 Å². The normalized spacial score (nSPS) is 16.6. The van der Waals surface area contributed by atoms with Gasteiger partial charge in [-0.3, -0.25) is 4.98 Å². The van der Waals surface area contributed by atoms with Gasteiger partial charge in [-0.15, -0.1) is 0 Å². The molecule has 1 atom stereocenters. The van der Waals surface area contributed by atoms with Crippen molar-refractivity contribution in [3.63, 3.8) is 0 Å². The van der Waals surface area contributed by atoms with Gasteiger partial charge in [0, 0.05) is 42.9 Å². The fraction of sp³-hybridized carbons (Fsp3) is 0.250. The second-order valence-electron chi connectivity index (χ2n) is 10.0. The Kier molecular flexibility index (Phi) is 6.79. The van der Waals surface area contributed by atoms with Crippen LogP contribution in [0.4, 0.5) is 34.5 Å². The van der Waals surface area contributed by atoms with E-state index in [4.69, 9.17) is 16.3 Å². The number of piperazine rings is 1. The largest absolute Gasteiger partial charge is 0.489 e. The molecular formula is C28H29ClN7O2P. The van der Waals surface area contributed by atoms with Crippen molar-refractivity contribution in [2.75, 3.05) is 60.0 Å². The summed E-state index contributed by atoms with van der Waals surface area (Å²) >= 11 is 6.41. The highest BCUT2D eigenvalue weighted by Crippen LogP contribution is 2.40. The molecule has 0 amide bonds. The van der Waals surface area contributed by atoms with E-state index in [1.807, 2.05) is 48.7 Å². The average Bonchev–Trinajstić information content (AvgIpc) is 2.94.